The number of nitrogens with zero attached hydrogens (tertiary/aromatic N) is 1. The highest BCUT2D eigenvalue weighted by atomic mass is 14.7. The van der Waals surface area contributed by atoms with Crippen molar-refractivity contribution < 1.29 is 0 Å². The molecule has 0 aliphatic rings. The van der Waals surface area contributed by atoms with E-state index in [1.54, 1.807) is 12.3 Å². The maximum atomic E-state index is 4.24. The topological polar surface area (TPSA) is 12.9 Å². The molecule has 0 aliphatic carbocycles. The van der Waals surface area contributed by atoms with E-state index in [0.717, 1.165) is 11.3 Å². The van der Waals surface area contributed by atoms with E-state index in [9.17, 15) is 0 Å². The van der Waals surface area contributed by atoms with Crippen LogP contribution in [-0.2, 0) is 0 Å². The van der Waals surface area contributed by atoms with Gasteiger partial charge in [-0.3, -0.25) is 4.98 Å². The average molecular weight is 207 g/mol. The molecule has 0 N–H and O–H groups in total. The molecule has 0 spiro atoms. The molecule has 0 fully saturated rings. The van der Waals surface area contributed by atoms with Crippen LogP contribution in [0.4, 0.5) is 0 Å². The van der Waals surface area contributed by atoms with Crippen LogP contribution in [0.1, 0.15) is 16.8 Å². The molecule has 1 aromatic heterocycles. The molecule has 2 aromatic rings. The molecule has 0 atom stereocenters. The maximum absolute atomic E-state index is 4.24. The molecule has 2 rings (SSSR count). The molecule has 0 aliphatic heterocycles. The Labute approximate surface area is 95.8 Å². The Morgan fingerprint density at radius 3 is 2.50 bits per heavy atom. The number of hydrogen-bond donors (Lipinski definition) is 0. The van der Waals surface area contributed by atoms with Gasteiger partial charge in [0.2, 0.25) is 0 Å². The van der Waals surface area contributed by atoms with Crippen LogP contribution in [0.5, 0.6) is 0 Å². The van der Waals surface area contributed by atoms with Gasteiger partial charge in [0.25, 0.3) is 0 Å². The number of hydrogen-bond acceptors (Lipinski definition) is 1. The number of benzene rings is 1. The highest BCUT2D eigenvalue weighted by Crippen LogP contribution is 2.11. The fourth-order valence-electron chi connectivity index (χ4n) is 1.49. The Hall–Kier alpha value is -2.15. The first-order valence-electron chi connectivity index (χ1n) is 5.21. The van der Waals surface area contributed by atoms with Crippen molar-refractivity contribution in [3.63, 3.8) is 0 Å². The minimum Gasteiger partial charge on any atom is -0.256 e. The standard InChI is InChI=1S/C15H13N/c1-2-15-14(9-6-12-16-15)11-10-13-7-4-3-5-8-13/h2-12H,1H2. The first-order valence-corrected chi connectivity index (χ1v) is 5.21. The minimum absolute atomic E-state index is 0.912. The lowest BCUT2D eigenvalue weighted by Crippen LogP contribution is -1.83. The van der Waals surface area contributed by atoms with E-state index < -0.39 is 0 Å². The van der Waals surface area contributed by atoms with Crippen molar-refractivity contribution in [1.29, 1.82) is 0 Å². The van der Waals surface area contributed by atoms with E-state index in [1.165, 1.54) is 5.56 Å². The maximum Gasteiger partial charge on any atom is 0.0696 e. The van der Waals surface area contributed by atoms with E-state index in [1.807, 2.05) is 30.3 Å². The Bertz CT molecular complexity index is 498. The molecule has 16 heavy (non-hydrogen) atoms. The summed E-state index contributed by atoms with van der Waals surface area (Å²) in [5.41, 5.74) is 3.18. The molecule has 78 valence electrons. The van der Waals surface area contributed by atoms with Crippen LogP contribution in [0.25, 0.3) is 18.2 Å². The summed E-state index contributed by atoms with van der Waals surface area (Å²) in [7, 11) is 0. The van der Waals surface area contributed by atoms with Gasteiger partial charge in [-0.25, -0.2) is 0 Å². The lowest BCUT2D eigenvalue weighted by molar-refractivity contribution is 1.28. The van der Waals surface area contributed by atoms with Gasteiger partial charge in [-0.2, -0.15) is 0 Å². The average Bonchev–Trinajstić information content (AvgIpc) is 2.38. The molecule has 0 saturated carbocycles. The summed E-state index contributed by atoms with van der Waals surface area (Å²) in [5.74, 6) is 0. The highest BCUT2D eigenvalue weighted by molar-refractivity contribution is 5.73. The largest absolute Gasteiger partial charge is 0.256 e. The zero-order valence-electron chi connectivity index (χ0n) is 9.01. The number of aromatic nitrogens is 1. The smallest absolute Gasteiger partial charge is 0.0696 e. The summed E-state index contributed by atoms with van der Waals surface area (Å²) in [6.45, 7) is 3.75. The predicted molar refractivity (Wildman–Crippen MR) is 69.7 cm³/mol. The van der Waals surface area contributed by atoms with Gasteiger partial charge in [-0.1, -0.05) is 55.1 Å². The number of pyridine rings is 1. The molecule has 0 radical (unpaired) electrons. The van der Waals surface area contributed by atoms with E-state index in [4.69, 9.17) is 0 Å². The quantitative estimate of drug-likeness (QED) is 0.744. The predicted octanol–water partition coefficient (Wildman–Crippen LogP) is 3.90. The summed E-state index contributed by atoms with van der Waals surface area (Å²) < 4.78 is 0. The van der Waals surface area contributed by atoms with Gasteiger partial charge in [-0.15, -0.1) is 0 Å². The second kappa shape index (κ2) is 5.08. The van der Waals surface area contributed by atoms with Gasteiger partial charge in [-0.05, 0) is 17.7 Å². The first kappa shape index (κ1) is 10.4. The van der Waals surface area contributed by atoms with Crippen molar-refractivity contribution in [2.24, 2.45) is 0 Å². The van der Waals surface area contributed by atoms with Crippen LogP contribution in [0, 0.1) is 0 Å². The third-order valence-electron chi connectivity index (χ3n) is 2.32. The Morgan fingerprint density at radius 1 is 0.938 bits per heavy atom. The highest BCUT2D eigenvalue weighted by Gasteiger charge is 1.94. The summed E-state index contributed by atoms with van der Waals surface area (Å²) >= 11 is 0. The van der Waals surface area contributed by atoms with E-state index in [0.29, 0.717) is 0 Å². The van der Waals surface area contributed by atoms with Crippen molar-refractivity contribution >= 4 is 18.2 Å². The monoisotopic (exact) mass is 207 g/mol. The van der Waals surface area contributed by atoms with E-state index in [2.05, 4.69) is 35.8 Å². The van der Waals surface area contributed by atoms with Crippen LogP contribution in [0.3, 0.4) is 0 Å². The second-order valence-corrected chi connectivity index (χ2v) is 3.43. The molecule has 1 nitrogen and oxygen atoms in total. The lowest BCUT2D eigenvalue weighted by Gasteiger charge is -1.98. The van der Waals surface area contributed by atoms with Crippen LogP contribution < -0.4 is 0 Å². The molecule has 1 heterocycles. The van der Waals surface area contributed by atoms with Gasteiger partial charge >= 0.3 is 0 Å². The first-order chi connectivity index (χ1) is 7.90. The Kier molecular flexibility index (Phi) is 3.29. The zero-order chi connectivity index (χ0) is 11.2. The van der Waals surface area contributed by atoms with Crippen molar-refractivity contribution in [1.82, 2.24) is 4.98 Å². The Balaban J connectivity index is 2.27. The third kappa shape index (κ3) is 2.45. The van der Waals surface area contributed by atoms with Crippen molar-refractivity contribution in [3.05, 3.63) is 72.1 Å². The van der Waals surface area contributed by atoms with Gasteiger partial charge in [0, 0.05) is 11.8 Å². The molecular weight excluding hydrogens is 194 g/mol. The molecule has 0 unspecified atom stereocenters. The van der Waals surface area contributed by atoms with Gasteiger partial charge in [0.05, 0.1) is 5.69 Å². The summed E-state index contributed by atoms with van der Waals surface area (Å²) in [5, 5.41) is 0. The molecule has 0 amide bonds. The van der Waals surface area contributed by atoms with E-state index in [-0.39, 0.29) is 0 Å². The molecule has 0 saturated heterocycles. The fourth-order valence-corrected chi connectivity index (χ4v) is 1.49. The van der Waals surface area contributed by atoms with Crippen LogP contribution >= 0.6 is 0 Å². The molecular formula is C15H13N. The fraction of sp³-hybridized carbons (Fsp3) is 0. The summed E-state index contributed by atoms with van der Waals surface area (Å²) in [6.07, 6.45) is 7.67. The van der Waals surface area contributed by atoms with Crippen molar-refractivity contribution in [2.45, 2.75) is 0 Å². The molecule has 0 bridgehead atoms. The molecule has 1 aromatic carbocycles. The molecule has 1 heteroatoms. The lowest BCUT2D eigenvalue weighted by atomic mass is 10.1. The normalized spacial score (nSPS) is 10.5. The van der Waals surface area contributed by atoms with Crippen molar-refractivity contribution in [3.8, 4) is 0 Å². The zero-order valence-corrected chi connectivity index (χ0v) is 9.01. The van der Waals surface area contributed by atoms with Gasteiger partial charge in [0.15, 0.2) is 0 Å². The summed E-state index contributed by atoms with van der Waals surface area (Å²) in [6, 6.07) is 14.2. The summed E-state index contributed by atoms with van der Waals surface area (Å²) in [4.78, 5) is 4.24. The second-order valence-electron chi connectivity index (χ2n) is 3.43. The van der Waals surface area contributed by atoms with Crippen LogP contribution in [0.15, 0.2) is 55.2 Å². The minimum atomic E-state index is 0.912. The van der Waals surface area contributed by atoms with E-state index >= 15 is 0 Å². The van der Waals surface area contributed by atoms with Gasteiger partial charge in [0.1, 0.15) is 0 Å². The Morgan fingerprint density at radius 2 is 1.75 bits per heavy atom. The van der Waals surface area contributed by atoms with Crippen LogP contribution in [0.2, 0.25) is 0 Å². The van der Waals surface area contributed by atoms with Crippen molar-refractivity contribution in [2.75, 3.05) is 0 Å². The van der Waals surface area contributed by atoms with Crippen LogP contribution in [-0.4, -0.2) is 4.98 Å². The van der Waals surface area contributed by atoms with Gasteiger partial charge < -0.3 is 0 Å². The number of rotatable bonds is 3. The SMILES string of the molecule is C=Cc1ncccc1C=Cc1ccccc1. The third-order valence-corrected chi connectivity index (χ3v) is 2.32.